The fourth-order valence-corrected chi connectivity index (χ4v) is 13.7. The van der Waals surface area contributed by atoms with Crippen molar-refractivity contribution < 1.29 is 36.5 Å². The lowest BCUT2D eigenvalue weighted by molar-refractivity contribution is -0.688. The molecule has 54 rings (SSSR count). The number of benzene rings is 8. The number of pyridine rings is 8. The van der Waals surface area contributed by atoms with Crippen molar-refractivity contribution in [2.24, 2.45) is 0 Å². The normalized spacial score (nSPS) is 12.8. The molecule has 0 saturated heterocycles. The zero-order valence-corrected chi connectivity index (χ0v) is 48.9. The average Bonchev–Trinajstić information content (AvgIpc) is 0.832. The molecule has 0 unspecified atom stereocenters. The maximum absolute atomic E-state index is 2.33. The molecule has 38 aliphatic rings. The summed E-state index contributed by atoms with van der Waals surface area (Å²) >= 11 is 0. The van der Waals surface area contributed by atoms with Gasteiger partial charge >= 0.3 is 0 Å². The second kappa shape index (κ2) is 23.3. The lowest BCUT2D eigenvalue weighted by Gasteiger charge is -2.10. The van der Waals surface area contributed by atoms with Crippen molar-refractivity contribution in [3.05, 3.63) is 338 Å². The van der Waals surface area contributed by atoms with E-state index in [1.165, 1.54) is 131 Å². The van der Waals surface area contributed by atoms with E-state index in [0.717, 1.165) is 52.4 Å². The Morgan fingerprint density at radius 3 is 0.433 bits per heavy atom. The molecule has 16 aromatic rings. The zero-order valence-electron chi connectivity index (χ0n) is 48.9. The van der Waals surface area contributed by atoms with Crippen LogP contribution in [0.4, 0.5) is 0 Å². The highest BCUT2D eigenvalue weighted by atomic mass is 15.0. The molecule has 90 heavy (non-hydrogen) atoms. The van der Waals surface area contributed by atoms with Gasteiger partial charge in [-0.2, -0.15) is 18.3 Å². The summed E-state index contributed by atoms with van der Waals surface area (Å²) in [6.45, 7) is 6.76. The first-order chi connectivity index (χ1) is 43.4. The summed E-state index contributed by atoms with van der Waals surface area (Å²) in [6, 6.07) is 72.1. The lowest BCUT2D eigenvalue weighted by Crippen LogP contribution is -2.35. The molecule has 0 saturated carbocycles. The minimum atomic E-state index is 0. The molecule has 0 atom stereocenters. The zero-order chi connectivity index (χ0) is 58.1. The van der Waals surface area contributed by atoms with E-state index in [1.54, 1.807) is 0 Å². The van der Waals surface area contributed by atoms with Gasteiger partial charge in [-0.05, 0) is 70.8 Å². The Balaban J connectivity index is 0.000000147. The molecule has 0 fully saturated rings. The van der Waals surface area contributed by atoms with E-state index in [-0.39, 0.29) is 14.9 Å². The van der Waals surface area contributed by atoms with Crippen LogP contribution in [-0.2, 0) is 52.4 Å². The number of hydrogen-bond acceptors (Lipinski definition) is 0. The van der Waals surface area contributed by atoms with Crippen molar-refractivity contribution in [2.45, 2.75) is 67.2 Å². The van der Waals surface area contributed by atoms with E-state index < -0.39 is 0 Å². The van der Waals surface area contributed by atoms with Gasteiger partial charge in [-0.1, -0.05) is 112 Å². The summed E-state index contributed by atoms with van der Waals surface area (Å²) in [5.41, 5.74) is 15.3. The van der Waals surface area contributed by atoms with Gasteiger partial charge in [-0.25, -0.2) is 18.3 Å². The predicted octanol–water partition coefficient (Wildman–Crippen LogP) is 13.1. The number of rotatable bonds is 0. The summed E-state index contributed by atoms with van der Waals surface area (Å²) in [4.78, 5) is 0. The second-order valence-corrected chi connectivity index (χ2v) is 24.5. The van der Waals surface area contributed by atoms with E-state index >= 15 is 0 Å². The van der Waals surface area contributed by atoms with Gasteiger partial charge in [-0.15, -0.1) is 0 Å². The quantitative estimate of drug-likeness (QED) is 0.107. The summed E-state index contributed by atoms with van der Waals surface area (Å²) in [5.74, 6) is 0. The number of hydrogen-bond donors (Lipinski definition) is 0. The molecule has 32 bridgehead atoms. The minimum Gasteiger partial charge on any atom is -0.201 e. The largest absolute Gasteiger partial charge is 0.201 e. The van der Waals surface area contributed by atoms with E-state index in [9.17, 15) is 0 Å². The lowest BCUT2D eigenvalue weighted by atomic mass is 9.97. The van der Waals surface area contributed by atoms with E-state index in [2.05, 4.69) is 330 Å². The highest BCUT2D eigenvalue weighted by Crippen LogP contribution is 2.34. The molecule has 46 heterocycles. The van der Waals surface area contributed by atoms with Crippen LogP contribution >= 0.6 is 0 Å². The van der Waals surface area contributed by atoms with E-state index in [0.29, 0.717) is 0 Å². The predicted molar refractivity (Wildman–Crippen MR) is 358 cm³/mol. The smallest absolute Gasteiger partial charge is 0.177 e. The van der Waals surface area contributed by atoms with Crippen molar-refractivity contribution in [1.29, 1.82) is 0 Å². The minimum absolute atomic E-state index is 0. The van der Waals surface area contributed by atoms with Gasteiger partial charge < -0.3 is 0 Å². The third kappa shape index (κ3) is 11.0. The van der Waals surface area contributed by atoms with Crippen LogP contribution in [-0.4, -0.2) is 0 Å². The third-order valence-electron chi connectivity index (χ3n) is 18.3. The van der Waals surface area contributed by atoms with Crippen molar-refractivity contribution in [2.75, 3.05) is 0 Å². The van der Waals surface area contributed by atoms with Crippen LogP contribution in [0.5, 0.6) is 0 Å². The molecule has 0 amide bonds. The maximum atomic E-state index is 2.33. The van der Waals surface area contributed by atoms with Crippen LogP contribution in [0.25, 0.3) is 86.9 Å². The standard InChI is InChI=1S/2C40H32N4.2CH4/c2*1-5-31-6-2-29(1)21-41-17-13-33(14-18-41)34-15-19-42(20-16-34)22-30-3-7-32(8-4-30)24-44-27-37-11-9-35-25-43(23-31)26-36-10-12-38(28-44)40(37)39(35)36;;/h2*1-20,25-28H,21-24H2;2*1H4/q2*+4;;. The summed E-state index contributed by atoms with van der Waals surface area (Å²) in [5, 5.41) is 15.7. The summed E-state index contributed by atoms with van der Waals surface area (Å²) < 4.78 is 18.3. The fraction of sp³-hybridized carbons (Fsp3) is 0.122. The first-order valence-corrected chi connectivity index (χ1v) is 30.7. The van der Waals surface area contributed by atoms with Gasteiger partial charge in [0.2, 0.25) is 0 Å². The molecule has 432 valence electrons. The first-order valence-electron chi connectivity index (χ1n) is 30.7. The Morgan fingerprint density at radius 2 is 0.289 bits per heavy atom. The van der Waals surface area contributed by atoms with Crippen LogP contribution < -0.4 is 36.5 Å². The van der Waals surface area contributed by atoms with Crippen molar-refractivity contribution in [3.8, 4) is 22.3 Å². The van der Waals surface area contributed by atoms with Gasteiger partial charge in [0, 0.05) is 158 Å². The monoisotopic (exact) mass is 1170 g/mol. The molecule has 0 spiro atoms. The molecular weight excluding hydrogens is 1100 g/mol. The van der Waals surface area contributed by atoms with Gasteiger partial charge in [0.1, 0.15) is 0 Å². The number of aromatic nitrogens is 8. The Hall–Kier alpha value is -11.0. The van der Waals surface area contributed by atoms with Crippen molar-refractivity contribution in [1.82, 2.24) is 0 Å². The van der Waals surface area contributed by atoms with Crippen LogP contribution in [0.3, 0.4) is 0 Å². The highest BCUT2D eigenvalue weighted by molar-refractivity contribution is 6.22. The van der Waals surface area contributed by atoms with Gasteiger partial charge in [0.25, 0.3) is 0 Å². The second-order valence-electron chi connectivity index (χ2n) is 24.5. The fourth-order valence-electron chi connectivity index (χ4n) is 13.7. The molecule has 0 aliphatic carbocycles. The Labute approximate surface area is 525 Å². The molecule has 38 aliphatic heterocycles. The van der Waals surface area contributed by atoms with E-state index in [1.807, 2.05) is 0 Å². The molecule has 8 heteroatoms. The average molecular weight is 1170 g/mol. The Morgan fingerprint density at radius 1 is 0.156 bits per heavy atom. The van der Waals surface area contributed by atoms with Crippen LogP contribution in [0.1, 0.15) is 59.4 Å². The SMILES string of the molecule is C.C.c1cc2ccc1C[n+]1ccc(cc1)-c1cc[n+](cc1)Cc1ccc(cc1)C[n+]1cc3ccc4c[n+](cc5ccc(c1)c3c45)C2.c1cc2ccc1C[n+]1ccc(cc1)-c1cc[n+](cc1)Cc1ccc(cc1)C[n+]1cc3ccc4c[n+](cc5ccc(c1)c3c45)C2. The molecular formula is C82H72N8+8. The topological polar surface area (TPSA) is 31.0 Å². The Bertz CT molecular complexity index is 4440. The molecule has 8 aromatic heterocycles. The summed E-state index contributed by atoms with van der Waals surface area (Å²) in [7, 11) is 0. The summed E-state index contributed by atoms with van der Waals surface area (Å²) in [6.07, 6.45) is 35.8. The van der Waals surface area contributed by atoms with Crippen molar-refractivity contribution >= 4 is 64.6 Å². The van der Waals surface area contributed by atoms with Gasteiger partial charge in [0.05, 0.1) is 0 Å². The van der Waals surface area contributed by atoms with Crippen LogP contribution in [0.2, 0.25) is 0 Å². The number of nitrogens with zero attached hydrogens (tertiary/aromatic N) is 8. The van der Waals surface area contributed by atoms with Gasteiger partial charge in [0.15, 0.2) is 152 Å². The van der Waals surface area contributed by atoms with Gasteiger partial charge in [-0.3, -0.25) is 0 Å². The first kappa shape index (κ1) is 55.6. The molecule has 8 aromatic carbocycles. The highest BCUT2D eigenvalue weighted by Gasteiger charge is 2.21. The third-order valence-corrected chi connectivity index (χ3v) is 18.3. The molecule has 0 radical (unpaired) electrons. The maximum Gasteiger partial charge on any atom is 0.177 e. The Kier molecular flexibility index (Phi) is 14.4. The van der Waals surface area contributed by atoms with Crippen LogP contribution in [0.15, 0.2) is 293 Å². The molecule has 0 N–H and O–H groups in total. The van der Waals surface area contributed by atoms with Crippen LogP contribution in [0, 0.1) is 0 Å². The van der Waals surface area contributed by atoms with E-state index in [4.69, 9.17) is 0 Å². The molecule has 8 nitrogen and oxygen atoms in total. The van der Waals surface area contributed by atoms with Crippen molar-refractivity contribution in [3.63, 3.8) is 0 Å².